The number of carboxylic acids is 1. The lowest BCUT2D eigenvalue weighted by Gasteiger charge is -2.38. The Hall–Kier alpha value is -1.77. The third-order valence-electron chi connectivity index (χ3n) is 5.27. The molecule has 1 saturated heterocycles. The van der Waals surface area contributed by atoms with Gasteiger partial charge in [0.2, 0.25) is 0 Å². The average molecular weight is 507 g/mol. The molecule has 2 unspecified atom stereocenters. The number of piperidine rings is 1. The van der Waals surface area contributed by atoms with Crippen molar-refractivity contribution in [2.24, 2.45) is 5.92 Å². The molecule has 0 amide bonds. The minimum Gasteiger partial charge on any atom is -0.496 e. The van der Waals surface area contributed by atoms with E-state index >= 15 is 0 Å². The number of alkyl halides is 3. The molecule has 0 spiro atoms. The van der Waals surface area contributed by atoms with Crippen LogP contribution in [-0.4, -0.2) is 36.2 Å². The Morgan fingerprint density at radius 2 is 2.03 bits per heavy atom. The van der Waals surface area contributed by atoms with Crippen LogP contribution in [0.4, 0.5) is 13.2 Å². The molecule has 9 heteroatoms. The first-order valence-corrected chi connectivity index (χ1v) is 10.5. The van der Waals surface area contributed by atoms with Crippen LogP contribution in [-0.2, 0) is 11.0 Å². The largest absolute Gasteiger partial charge is 0.496 e. The van der Waals surface area contributed by atoms with Crippen LogP contribution in [0.15, 0.2) is 40.9 Å². The van der Waals surface area contributed by atoms with E-state index in [-0.39, 0.29) is 11.6 Å². The van der Waals surface area contributed by atoms with Crippen molar-refractivity contribution in [2.75, 3.05) is 20.2 Å². The third kappa shape index (κ3) is 4.92. The fraction of sp³-hybridized carbons (Fsp3) is 0.381. The quantitative estimate of drug-likeness (QED) is 0.539. The van der Waals surface area contributed by atoms with Gasteiger partial charge in [-0.15, -0.1) is 0 Å². The highest BCUT2D eigenvalue weighted by Gasteiger charge is 2.37. The minimum atomic E-state index is -4.61. The van der Waals surface area contributed by atoms with Crippen molar-refractivity contribution in [1.29, 1.82) is 0 Å². The SMILES string of the molecule is COc1ccc(Br)cc1C(c1ccc(Cl)c(C(F)(F)F)c1)N1CCCC(C(=O)O)C1. The molecule has 2 atom stereocenters. The lowest BCUT2D eigenvalue weighted by atomic mass is 9.90. The van der Waals surface area contributed by atoms with Crippen LogP contribution in [0.25, 0.3) is 0 Å². The molecule has 0 aromatic heterocycles. The molecule has 162 valence electrons. The van der Waals surface area contributed by atoms with Gasteiger partial charge >= 0.3 is 12.1 Å². The summed E-state index contributed by atoms with van der Waals surface area (Å²) >= 11 is 9.24. The van der Waals surface area contributed by atoms with Crippen LogP contribution < -0.4 is 4.74 Å². The van der Waals surface area contributed by atoms with Gasteiger partial charge in [0.15, 0.2) is 0 Å². The predicted molar refractivity (Wildman–Crippen MR) is 111 cm³/mol. The second-order valence-electron chi connectivity index (χ2n) is 7.20. The van der Waals surface area contributed by atoms with Crippen LogP contribution in [0.3, 0.4) is 0 Å². The van der Waals surface area contributed by atoms with E-state index in [4.69, 9.17) is 16.3 Å². The third-order valence-corrected chi connectivity index (χ3v) is 6.09. The van der Waals surface area contributed by atoms with Crippen molar-refractivity contribution in [1.82, 2.24) is 4.90 Å². The van der Waals surface area contributed by atoms with Gasteiger partial charge in [0.05, 0.1) is 29.7 Å². The Morgan fingerprint density at radius 3 is 2.67 bits per heavy atom. The van der Waals surface area contributed by atoms with Crippen molar-refractivity contribution in [3.63, 3.8) is 0 Å². The molecule has 1 heterocycles. The summed E-state index contributed by atoms with van der Waals surface area (Å²) in [5.74, 6) is -0.996. The maximum atomic E-state index is 13.5. The fourth-order valence-corrected chi connectivity index (χ4v) is 4.48. The van der Waals surface area contributed by atoms with Gasteiger partial charge < -0.3 is 9.84 Å². The molecule has 1 fully saturated rings. The van der Waals surface area contributed by atoms with Gasteiger partial charge in [-0.2, -0.15) is 13.2 Å². The lowest BCUT2D eigenvalue weighted by Crippen LogP contribution is -2.41. The number of aliphatic carboxylic acids is 1. The average Bonchev–Trinajstić information content (AvgIpc) is 2.69. The molecule has 0 radical (unpaired) electrons. The van der Waals surface area contributed by atoms with E-state index in [2.05, 4.69) is 15.9 Å². The Kier molecular flexibility index (Phi) is 6.99. The molecule has 0 aliphatic carbocycles. The van der Waals surface area contributed by atoms with Gasteiger partial charge in [0, 0.05) is 16.6 Å². The zero-order chi connectivity index (χ0) is 22.1. The number of rotatable bonds is 5. The number of likely N-dealkylation sites (tertiary alicyclic amines) is 1. The van der Waals surface area contributed by atoms with Gasteiger partial charge in [0.1, 0.15) is 5.75 Å². The van der Waals surface area contributed by atoms with Crippen LogP contribution in [0.2, 0.25) is 5.02 Å². The van der Waals surface area contributed by atoms with Crippen LogP contribution in [0, 0.1) is 5.92 Å². The van der Waals surface area contributed by atoms with Crippen LogP contribution >= 0.6 is 27.5 Å². The van der Waals surface area contributed by atoms with E-state index in [0.717, 1.165) is 10.5 Å². The highest BCUT2D eigenvalue weighted by molar-refractivity contribution is 9.10. The van der Waals surface area contributed by atoms with Gasteiger partial charge in [-0.05, 0) is 55.3 Å². The highest BCUT2D eigenvalue weighted by atomic mass is 79.9. The smallest absolute Gasteiger partial charge is 0.417 e. The number of hydrogen-bond acceptors (Lipinski definition) is 3. The summed E-state index contributed by atoms with van der Waals surface area (Å²) in [4.78, 5) is 13.5. The molecular formula is C21H20BrClF3NO3. The van der Waals surface area contributed by atoms with E-state index in [1.165, 1.54) is 13.2 Å². The standard InChI is InChI=1S/C21H20BrClF3NO3/c1-30-18-7-5-14(22)10-15(18)19(27-8-2-3-13(11-27)20(28)29)12-4-6-17(23)16(9-12)21(24,25)26/h4-7,9-10,13,19H,2-3,8,11H2,1H3,(H,28,29). The molecule has 0 bridgehead atoms. The Bertz CT molecular complexity index is 938. The maximum Gasteiger partial charge on any atom is 0.417 e. The summed E-state index contributed by atoms with van der Waals surface area (Å²) in [7, 11) is 1.49. The van der Waals surface area contributed by atoms with Gasteiger partial charge in [-0.1, -0.05) is 33.6 Å². The predicted octanol–water partition coefficient (Wildman–Crippen LogP) is 6.02. The second-order valence-corrected chi connectivity index (χ2v) is 8.52. The van der Waals surface area contributed by atoms with Gasteiger partial charge in [-0.25, -0.2) is 0 Å². The number of carbonyl (C=O) groups is 1. The van der Waals surface area contributed by atoms with Crippen molar-refractivity contribution >= 4 is 33.5 Å². The molecule has 0 saturated carbocycles. The Labute approximate surface area is 185 Å². The molecule has 2 aromatic rings. The summed E-state index contributed by atoms with van der Waals surface area (Å²) in [5.41, 5.74) is 0.0925. The summed E-state index contributed by atoms with van der Waals surface area (Å²) < 4.78 is 46.7. The summed E-state index contributed by atoms with van der Waals surface area (Å²) in [6.07, 6.45) is -3.45. The molecule has 4 nitrogen and oxygen atoms in total. The van der Waals surface area contributed by atoms with E-state index in [1.54, 1.807) is 24.3 Å². The molecule has 1 aliphatic rings. The Balaban J connectivity index is 2.16. The maximum absolute atomic E-state index is 13.5. The van der Waals surface area contributed by atoms with Crippen molar-refractivity contribution < 1.29 is 27.8 Å². The van der Waals surface area contributed by atoms with Crippen molar-refractivity contribution in [2.45, 2.75) is 25.1 Å². The Morgan fingerprint density at radius 1 is 1.30 bits per heavy atom. The molecular weight excluding hydrogens is 487 g/mol. The van der Waals surface area contributed by atoms with Crippen LogP contribution in [0.1, 0.15) is 35.6 Å². The summed E-state index contributed by atoms with van der Waals surface area (Å²) in [5, 5.41) is 9.10. The summed E-state index contributed by atoms with van der Waals surface area (Å²) in [6.45, 7) is 0.772. The second kappa shape index (κ2) is 9.16. The number of hydrogen-bond donors (Lipinski definition) is 1. The van der Waals surface area contributed by atoms with Crippen molar-refractivity contribution in [3.8, 4) is 5.75 Å². The first-order valence-electron chi connectivity index (χ1n) is 9.28. The van der Waals surface area contributed by atoms with E-state index in [0.29, 0.717) is 36.3 Å². The number of carboxylic acid groups (broad SMARTS) is 1. The molecule has 1 N–H and O–H groups in total. The first-order chi connectivity index (χ1) is 14.1. The topological polar surface area (TPSA) is 49.8 Å². The van der Waals surface area contributed by atoms with Crippen LogP contribution in [0.5, 0.6) is 5.75 Å². The number of benzene rings is 2. The molecule has 2 aromatic carbocycles. The molecule has 3 rings (SSSR count). The van der Waals surface area contributed by atoms with Gasteiger partial charge in [0.25, 0.3) is 0 Å². The fourth-order valence-electron chi connectivity index (χ4n) is 3.88. The van der Waals surface area contributed by atoms with Crippen molar-refractivity contribution in [3.05, 3.63) is 62.6 Å². The van der Waals surface area contributed by atoms with E-state index in [9.17, 15) is 23.1 Å². The van der Waals surface area contributed by atoms with E-state index < -0.39 is 29.7 Å². The molecule has 30 heavy (non-hydrogen) atoms. The zero-order valence-electron chi connectivity index (χ0n) is 16.0. The molecule has 1 aliphatic heterocycles. The number of nitrogens with zero attached hydrogens (tertiary/aromatic N) is 1. The minimum absolute atomic E-state index is 0.222. The number of methoxy groups -OCH3 is 1. The monoisotopic (exact) mass is 505 g/mol. The first kappa shape index (κ1) is 22.9. The number of halogens is 5. The lowest BCUT2D eigenvalue weighted by molar-refractivity contribution is -0.143. The normalized spacial score (nSPS) is 18.8. The number of ether oxygens (including phenoxy) is 1. The summed E-state index contributed by atoms with van der Waals surface area (Å²) in [6, 6.07) is 8.48. The zero-order valence-corrected chi connectivity index (χ0v) is 18.4. The highest BCUT2D eigenvalue weighted by Crippen LogP contribution is 2.42. The van der Waals surface area contributed by atoms with Gasteiger partial charge in [-0.3, -0.25) is 9.69 Å². The van der Waals surface area contributed by atoms with E-state index in [1.807, 2.05) is 4.90 Å².